The van der Waals surface area contributed by atoms with E-state index in [2.05, 4.69) is 16.0 Å². The first-order valence-electron chi connectivity index (χ1n) is 14.9. The number of carbonyl (C=O) groups is 3. The van der Waals surface area contributed by atoms with Crippen molar-refractivity contribution in [2.24, 2.45) is 5.92 Å². The van der Waals surface area contributed by atoms with Gasteiger partial charge in [0.25, 0.3) is 5.91 Å². The summed E-state index contributed by atoms with van der Waals surface area (Å²) in [5.74, 6) is -1.31. The number of nitrogens with one attached hydrogen (secondary N) is 3. The molecule has 4 aliphatic heterocycles. The summed E-state index contributed by atoms with van der Waals surface area (Å²) >= 11 is 0. The summed E-state index contributed by atoms with van der Waals surface area (Å²) in [6.07, 6.45) is 1.31. The summed E-state index contributed by atoms with van der Waals surface area (Å²) in [6, 6.07) is 12.4. The van der Waals surface area contributed by atoms with Gasteiger partial charge in [-0.2, -0.15) is 0 Å². The SMILES string of the molecule is C[C@@H]1[C@@H]([Si](C)(C)F)[C@H](CC(=O)N2Cc3ccccc3C[C@H]2CO)O[C@@]12C(=O)Nc1ccc(NC(=O)[C@H]3CCCN3)cc12. The highest BCUT2D eigenvalue weighted by molar-refractivity contribution is 6.72. The molecule has 2 aromatic carbocycles. The molecule has 3 amide bonds. The molecule has 0 saturated carbocycles. The average Bonchev–Trinajstić information content (AvgIpc) is 3.66. The quantitative estimate of drug-likeness (QED) is 0.301. The van der Waals surface area contributed by atoms with Crippen LogP contribution in [0.4, 0.5) is 15.5 Å². The molecular weight excluding hydrogens is 555 g/mol. The number of ether oxygens (including phenoxy) is 1. The summed E-state index contributed by atoms with van der Waals surface area (Å²) in [6.45, 7) is 6.00. The van der Waals surface area contributed by atoms with E-state index in [1.807, 2.05) is 31.2 Å². The van der Waals surface area contributed by atoms with Crippen LogP contribution in [0.5, 0.6) is 0 Å². The standard InChI is InChI=1S/C31H39FN4O5Si/c1-18-28(42(2,3)32)26(15-27(38)36-16-20-8-5-4-7-19(20)13-22(36)17-37)41-31(18)23-14-21(10-11-24(23)35-30(31)40)34-29(39)25-9-6-12-33-25/h4-5,7-8,10-11,14,18,22,25-26,28,33,37H,6,9,12-13,15-17H2,1-3H3,(H,34,39)(H,35,40)/t18-,22+,25-,26+,28-,31+/m1/s1. The van der Waals surface area contributed by atoms with Gasteiger partial charge < -0.3 is 34.8 Å². The number of halogens is 1. The maximum Gasteiger partial charge on any atom is 0.261 e. The van der Waals surface area contributed by atoms with Crippen LogP contribution in [-0.4, -0.2) is 67.5 Å². The number of aliphatic hydroxyl groups is 1. The van der Waals surface area contributed by atoms with Crippen LogP contribution in [0.25, 0.3) is 0 Å². The van der Waals surface area contributed by atoms with Crippen molar-refractivity contribution < 1.29 is 28.3 Å². The zero-order valence-corrected chi connectivity index (χ0v) is 25.3. The third-order valence-electron chi connectivity index (χ3n) is 9.62. The zero-order valence-electron chi connectivity index (χ0n) is 24.3. The molecule has 0 aliphatic carbocycles. The Hall–Kier alpha value is -3.12. The van der Waals surface area contributed by atoms with Crippen molar-refractivity contribution in [2.45, 2.75) is 81.6 Å². The number of anilines is 2. The fourth-order valence-electron chi connectivity index (χ4n) is 7.61. The molecule has 4 N–H and O–H groups in total. The molecule has 2 fully saturated rings. The Balaban J connectivity index is 1.29. The van der Waals surface area contributed by atoms with E-state index in [1.54, 1.807) is 36.2 Å². The second kappa shape index (κ2) is 10.9. The second-order valence-corrected chi connectivity index (χ2v) is 16.5. The van der Waals surface area contributed by atoms with Gasteiger partial charge in [0.2, 0.25) is 20.2 Å². The maximum absolute atomic E-state index is 16.1. The number of benzene rings is 2. The third-order valence-corrected chi connectivity index (χ3v) is 12.1. The van der Waals surface area contributed by atoms with Crippen LogP contribution in [0.1, 0.15) is 42.9 Å². The van der Waals surface area contributed by atoms with Crippen LogP contribution in [-0.2, 0) is 37.7 Å². The first-order chi connectivity index (χ1) is 20.0. The van der Waals surface area contributed by atoms with Gasteiger partial charge in [-0.15, -0.1) is 0 Å². The van der Waals surface area contributed by atoms with E-state index in [1.165, 1.54) is 0 Å². The number of rotatable bonds is 6. The molecule has 0 radical (unpaired) electrons. The Labute approximate surface area is 246 Å². The Morgan fingerprint density at radius 1 is 1.21 bits per heavy atom. The van der Waals surface area contributed by atoms with E-state index in [9.17, 15) is 19.5 Å². The lowest BCUT2D eigenvalue weighted by molar-refractivity contribution is -0.149. The molecule has 224 valence electrons. The number of carbonyl (C=O) groups excluding carboxylic acids is 3. The van der Waals surface area contributed by atoms with Gasteiger partial charge >= 0.3 is 0 Å². The highest BCUT2D eigenvalue weighted by Crippen LogP contribution is 2.59. The van der Waals surface area contributed by atoms with Gasteiger partial charge in [0.1, 0.15) is 0 Å². The van der Waals surface area contributed by atoms with E-state index in [-0.39, 0.29) is 42.8 Å². The molecule has 6 rings (SSSR count). The summed E-state index contributed by atoms with van der Waals surface area (Å²) in [5, 5.41) is 19.2. The molecule has 42 heavy (non-hydrogen) atoms. The maximum atomic E-state index is 16.1. The molecule has 0 unspecified atom stereocenters. The van der Waals surface area contributed by atoms with E-state index in [0.29, 0.717) is 29.9 Å². The van der Waals surface area contributed by atoms with Crippen molar-refractivity contribution in [1.82, 2.24) is 10.2 Å². The van der Waals surface area contributed by atoms with E-state index >= 15 is 4.11 Å². The minimum atomic E-state index is -3.45. The molecule has 9 nitrogen and oxygen atoms in total. The molecule has 4 aliphatic rings. The molecule has 1 spiro atoms. The van der Waals surface area contributed by atoms with Crippen molar-refractivity contribution in [2.75, 3.05) is 23.8 Å². The fourth-order valence-corrected chi connectivity index (χ4v) is 10.1. The molecule has 2 aromatic rings. The topological polar surface area (TPSA) is 120 Å². The van der Waals surface area contributed by atoms with Crippen LogP contribution in [0.2, 0.25) is 18.6 Å². The predicted octanol–water partition coefficient (Wildman–Crippen LogP) is 3.44. The van der Waals surface area contributed by atoms with Crippen molar-refractivity contribution in [3.05, 3.63) is 59.2 Å². The molecule has 4 heterocycles. The number of fused-ring (bicyclic) bond motifs is 3. The largest absolute Gasteiger partial charge is 0.394 e. The van der Waals surface area contributed by atoms with Gasteiger partial charge in [0.05, 0.1) is 31.2 Å². The van der Waals surface area contributed by atoms with E-state index in [0.717, 1.165) is 30.5 Å². The Kier molecular flexibility index (Phi) is 7.49. The molecule has 2 saturated heterocycles. The number of aliphatic hydroxyl groups excluding tert-OH is 1. The predicted molar refractivity (Wildman–Crippen MR) is 159 cm³/mol. The summed E-state index contributed by atoms with van der Waals surface area (Å²) in [4.78, 5) is 42.0. The third kappa shape index (κ3) is 4.86. The minimum Gasteiger partial charge on any atom is -0.394 e. The first kappa shape index (κ1) is 29.0. The molecular formula is C31H39FN4O5Si. The van der Waals surface area contributed by atoms with E-state index < -0.39 is 31.6 Å². The molecule has 11 heteroatoms. The minimum absolute atomic E-state index is 0.0951. The highest BCUT2D eigenvalue weighted by Gasteiger charge is 2.65. The summed E-state index contributed by atoms with van der Waals surface area (Å²) in [7, 11) is -3.45. The zero-order chi connectivity index (χ0) is 29.8. The highest BCUT2D eigenvalue weighted by atomic mass is 28.4. The molecule has 6 atom stereocenters. The lowest BCUT2D eigenvalue weighted by Gasteiger charge is -2.37. The smallest absolute Gasteiger partial charge is 0.261 e. The van der Waals surface area contributed by atoms with Gasteiger partial charge in [-0.1, -0.05) is 31.2 Å². The van der Waals surface area contributed by atoms with Gasteiger partial charge in [0, 0.05) is 34.9 Å². The lowest BCUT2D eigenvalue weighted by atomic mass is 9.82. The summed E-state index contributed by atoms with van der Waals surface area (Å²) < 4.78 is 22.7. The first-order valence-corrected chi connectivity index (χ1v) is 17.8. The van der Waals surface area contributed by atoms with Crippen molar-refractivity contribution in [3.8, 4) is 0 Å². The van der Waals surface area contributed by atoms with Crippen molar-refractivity contribution >= 4 is 37.5 Å². The van der Waals surface area contributed by atoms with E-state index in [4.69, 9.17) is 4.74 Å². The van der Waals surface area contributed by atoms with Gasteiger partial charge in [-0.3, -0.25) is 14.4 Å². The number of nitrogens with zero attached hydrogens (tertiary/aromatic N) is 1. The summed E-state index contributed by atoms with van der Waals surface area (Å²) in [5.41, 5.74) is 1.64. The van der Waals surface area contributed by atoms with Gasteiger partial charge in [0.15, 0.2) is 5.60 Å². The van der Waals surface area contributed by atoms with Crippen LogP contribution in [0.3, 0.4) is 0 Å². The van der Waals surface area contributed by atoms with Crippen molar-refractivity contribution in [3.63, 3.8) is 0 Å². The number of amides is 3. The van der Waals surface area contributed by atoms with Gasteiger partial charge in [-0.05, 0) is 68.2 Å². The van der Waals surface area contributed by atoms with Crippen LogP contribution in [0, 0.1) is 5.92 Å². The number of hydrogen-bond acceptors (Lipinski definition) is 6. The monoisotopic (exact) mass is 594 g/mol. The normalized spacial score (nSPS) is 30.3. The van der Waals surface area contributed by atoms with Crippen LogP contribution in [0.15, 0.2) is 42.5 Å². The number of hydrogen-bond donors (Lipinski definition) is 4. The lowest BCUT2D eigenvalue weighted by Crippen LogP contribution is -2.48. The molecule has 0 aromatic heterocycles. The Bertz CT molecular complexity index is 1410. The second-order valence-electron chi connectivity index (χ2n) is 12.7. The van der Waals surface area contributed by atoms with Gasteiger partial charge in [-0.25, -0.2) is 0 Å². The molecule has 0 bridgehead atoms. The van der Waals surface area contributed by atoms with Crippen LogP contribution >= 0.6 is 0 Å². The Morgan fingerprint density at radius 2 is 1.98 bits per heavy atom. The average molecular weight is 595 g/mol. The van der Waals surface area contributed by atoms with Crippen LogP contribution < -0.4 is 16.0 Å². The Morgan fingerprint density at radius 3 is 2.67 bits per heavy atom. The van der Waals surface area contributed by atoms with Crippen molar-refractivity contribution in [1.29, 1.82) is 0 Å². The fraction of sp³-hybridized carbons (Fsp3) is 0.516.